The van der Waals surface area contributed by atoms with Crippen molar-refractivity contribution in [1.82, 2.24) is 15.1 Å². The Balaban J connectivity index is 1.69. The fourth-order valence-electron chi connectivity index (χ4n) is 3.72. The summed E-state index contributed by atoms with van der Waals surface area (Å²) in [4.78, 5) is 2.70. The molecule has 112 valence electrons. The van der Waals surface area contributed by atoms with E-state index in [1.54, 1.807) is 0 Å². The van der Waals surface area contributed by atoms with E-state index in [1.807, 2.05) is 6.20 Å². The van der Waals surface area contributed by atoms with Gasteiger partial charge in [-0.1, -0.05) is 13.8 Å². The van der Waals surface area contributed by atoms with Crippen LogP contribution in [-0.2, 0) is 4.74 Å². The second-order valence-electron chi connectivity index (χ2n) is 6.57. The standard InChI is InChI=1S/C16H27N3O/c1-12(2)15-10-17-18-16(15)13-4-3-7-19(11-13)14-5-8-20-9-6-14/h10,12-14H,3-9,11H2,1-2H3,(H,17,18)/t13-/m1/s1. The molecule has 2 aliphatic heterocycles. The molecule has 2 saturated heterocycles. The maximum absolute atomic E-state index is 5.50. The minimum absolute atomic E-state index is 0.558. The third kappa shape index (κ3) is 2.91. The van der Waals surface area contributed by atoms with Crippen molar-refractivity contribution in [2.75, 3.05) is 26.3 Å². The Labute approximate surface area is 121 Å². The maximum Gasteiger partial charge on any atom is 0.0524 e. The predicted molar refractivity (Wildman–Crippen MR) is 80.1 cm³/mol. The fraction of sp³-hybridized carbons (Fsp3) is 0.812. The summed E-state index contributed by atoms with van der Waals surface area (Å²) in [5, 5.41) is 7.57. The van der Waals surface area contributed by atoms with Crippen LogP contribution in [0, 0.1) is 0 Å². The highest BCUT2D eigenvalue weighted by molar-refractivity contribution is 5.24. The number of likely N-dealkylation sites (tertiary alicyclic amines) is 1. The molecule has 0 radical (unpaired) electrons. The van der Waals surface area contributed by atoms with Gasteiger partial charge in [-0.3, -0.25) is 10.00 Å². The highest BCUT2D eigenvalue weighted by Gasteiger charge is 2.29. The van der Waals surface area contributed by atoms with Crippen LogP contribution in [0.25, 0.3) is 0 Å². The molecular formula is C16H27N3O. The summed E-state index contributed by atoms with van der Waals surface area (Å²) in [6.45, 7) is 8.83. The first-order valence-electron chi connectivity index (χ1n) is 8.10. The molecule has 0 unspecified atom stereocenters. The summed E-state index contributed by atoms with van der Waals surface area (Å²) in [6, 6.07) is 0.733. The summed E-state index contributed by atoms with van der Waals surface area (Å²) < 4.78 is 5.50. The van der Waals surface area contributed by atoms with Crippen molar-refractivity contribution in [3.05, 3.63) is 17.5 Å². The minimum Gasteiger partial charge on any atom is -0.381 e. The summed E-state index contributed by atoms with van der Waals surface area (Å²) in [7, 11) is 0. The number of aromatic amines is 1. The Bertz CT molecular complexity index is 423. The molecule has 3 heterocycles. The van der Waals surface area contributed by atoms with Crippen molar-refractivity contribution in [3.63, 3.8) is 0 Å². The lowest BCUT2D eigenvalue weighted by atomic mass is 9.88. The van der Waals surface area contributed by atoms with Crippen LogP contribution in [0.15, 0.2) is 6.20 Å². The highest BCUT2D eigenvalue weighted by Crippen LogP contribution is 2.32. The van der Waals surface area contributed by atoms with Crippen LogP contribution in [0.5, 0.6) is 0 Å². The van der Waals surface area contributed by atoms with Gasteiger partial charge in [0, 0.05) is 37.4 Å². The average Bonchev–Trinajstić information content (AvgIpc) is 2.98. The quantitative estimate of drug-likeness (QED) is 0.923. The van der Waals surface area contributed by atoms with E-state index in [2.05, 4.69) is 28.9 Å². The number of hydrogen-bond acceptors (Lipinski definition) is 3. The van der Waals surface area contributed by atoms with Gasteiger partial charge in [0.1, 0.15) is 0 Å². The number of aromatic nitrogens is 2. The van der Waals surface area contributed by atoms with Crippen molar-refractivity contribution in [1.29, 1.82) is 0 Å². The van der Waals surface area contributed by atoms with Crippen LogP contribution in [0.1, 0.15) is 62.6 Å². The molecule has 4 nitrogen and oxygen atoms in total. The first-order chi connectivity index (χ1) is 9.75. The molecule has 1 N–H and O–H groups in total. The molecule has 1 aromatic rings. The number of nitrogens with zero attached hydrogens (tertiary/aromatic N) is 2. The Morgan fingerprint density at radius 2 is 2.10 bits per heavy atom. The normalized spacial score (nSPS) is 26.2. The average molecular weight is 277 g/mol. The molecular weight excluding hydrogens is 250 g/mol. The molecule has 4 heteroatoms. The summed E-state index contributed by atoms with van der Waals surface area (Å²) in [6.07, 6.45) is 7.02. The predicted octanol–water partition coefficient (Wildman–Crippen LogP) is 2.89. The van der Waals surface area contributed by atoms with E-state index in [9.17, 15) is 0 Å². The lowest BCUT2D eigenvalue weighted by Crippen LogP contribution is -2.44. The van der Waals surface area contributed by atoms with Gasteiger partial charge < -0.3 is 4.74 Å². The summed E-state index contributed by atoms with van der Waals surface area (Å²) in [5.41, 5.74) is 2.79. The van der Waals surface area contributed by atoms with Gasteiger partial charge in [-0.2, -0.15) is 5.10 Å². The first-order valence-corrected chi connectivity index (χ1v) is 8.10. The molecule has 0 aliphatic carbocycles. The minimum atomic E-state index is 0.558. The maximum atomic E-state index is 5.50. The van der Waals surface area contributed by atoms with Crippen LogP contribution in [0.3, 0.4) is 0 Å². The number of rotatable bonds is 3. The molecule has 0 aromatic carbocycles. The molecule has 1 aromatic heterocycles. The van der Waals surface area contributed by atoms with Gasteiger partial charge in [0.2, 0.25) is 0 Å². The van der Waals surface area contributed by atoms with Gasteiger partial charge in [0.05, 0.1) is 6.20 Å². The topological polar surface area (TPSA) is 41.2 Å². The highest BCUT2D eigenvalue weighted by atomic mass is 16.5. The van der Waals surface area contributed by atoms with Gasteiger partial charge in [-0.15, -0.1) is 0 Å². The molecule has 0 amide bonds. The summed E-state index contributed by atoms with van der Waals surface area (Å²) >= 11 is 0. The molecule has 0 spiro atoms. The van der Waals surface area contributed by atoms with E-state index in [4.69, 9.17) is 4.74 Å². The smallest absolute Gasteiger partial charge is 0.0524 e. The molecule has 0 bridgehead atoms. The molecule has 20 heavy (non-hydrogen) atoms. The van der Waals surface area contributed by atoms with Gasteiger partial charge in [-0.25, -0.2) is 0 Å². The molecule has 3 rings (SSSR count). The SMILES string of the molecule is CC(C)c1cn[nH]c1[C@@H]1CCCN(C2CCOCC2)C1. The van der Waals surface area contributed by atoms with Crippen LogP contribution >= 0.6 is 0 Å². The molecule has 2 fully saturated rings. The second kappa shape index (κ2) is 6.27. The largest absolute Gasteiger partial charge is 0.381 e. The summed E-state index contributed by atoms with van der Waals surface area (Å²) in [5.74, 6) is 1.19. The van der Waals surface area contributed by atoms with Crippen molar-refractivity contribution >= 4 is 0 Å². The Kier molecular flexibility index (Phi) is 4.41. The van der Waals surface area contributed by atoms with Gasteiger partial charge in [-0.05, 0) is 43.7 Å². The zero-order valence-electron chi connectivity index (χ0n) is 12.8. The van der Waals surface area contributed by atoms with E-state index in [-0.39, 0.29) is 0 Å². The van der Waals surface area contributed by atoms with Crippen LogP contribution < -0.4 is 0 Å². The van der Waals surface area contributed by atoms with Crippen molar-refractivity contribution in [2.24, 2.45) is 0 Å². The van der Waals surface area contributed by atoms with E-state index in [0.717, 1.165) is 19.3 Å². The van der Waals surface area contributed by atoms with E-state index in [0.29, 0.717) is 11.8 Å². The van der Waals surface area contributed by atoms with Crippen LogP contribution in [0.2, 0.25) is 0 Å². The van der Waals surface area contributed by atoms with Gasteiger partial charge in [0.25, 0.3) is 0 Å². The van der Waals surface area contributed by atoms with E-state index >= 15 is 0 Å². The number of piperidine rings is 1. The zero-order valence-corrected chi connectivity index (χ0v) is 12.8. The van der Waals surface area contributed by atoms with Crippen LogP contribution in [0.4, 0.5) is 0 Å². The van der Waals surface area contributed by atoms with E-state index in [1.165, 1.54) is 50.0 Å². The Morgan fingerprint density at radius 1 is 1.30 bits per heavy atom. The van der Waals surface area contributed by atoms with Gasteiger partial charge >= 0.3 is 0 Å². The fourth-order valence-corrected chi connectivity index (χ4v) is 3.72. The molecule has 0 saturated carbocycles. The van der Waals surface area contributed by atoms with Crippen molar-refractivity contribution in [2.45, 2.75) is 57.4 Å². The van der Waals surface area contributed by atoms with E-state index < -0.39 is 0 Å². The molecule has 2 aliphatic rings. The Hall–Kier alpha value is -0.870. The first kappa shape index (κ1) is 14.1. The third-order valence-electron chi connectivity index (χ3n) is 4.89. The number of nitrogens with one attached hydrogen (secondary N) is 1. The zero-order chi connectivity index (χ0) is 13.9. The number of H-pyrrole nitrogens is 1. The number of ether oxygens (including phenoxy) is 1. The lowest BCUT2D eigenvalue weighted by molar-refractivity contribution is 0.0237. The van der Waals surface area contributed by atoms with Gasteiger partial charge in [0.15, 0.2) is 0 Å². The third-order valence-corrected chi connectivity index (χ3v) is 4.89. The molecule has 1 atom stereocenters. The van der Waals surface area contributed by atoms with Crippen molar-refractivity contribution in [3.8, 4) is 0 Å². The lowest BCUT2D eigenvalue weighted by Gasteiger charge is -2.40. The van der Waals surface area contributed by atoms with Crippen LogP contribution in [-0.4, -0.2) is 47.4 Å². The monoisotopic (exact) mass is 277 g/mol. The number of hydrogen-bond donors (Lipinski definition) is 1. The second-order valence-corrected chi connectivity index (χ2v) is 6.57. The Morgan fingerprint density at radius 3 is 2.85 bits per heavy atom. The van der Waals surface area contributed by atoms with Crippen molar-refractivity contribution < 1.29 is 4.74 Å².